The van der Waals surface area contributed by atoms with E-state index in [1.165, 1.54) is 31.4 Å². The van der Waals surface area contributed by atoms with E-state index >= 15 is 0 Å². The molecule has 1 nitrogen and oxygen atoms in total. The summed E-state index contributed by atoms with van der Waals surface area (Å²) in [6.45, 7) is 2.17. The van der Waals surface area contributed by atoms with Crippen molar-refractivity contribution in [2.75, 3.05) is 6.61 Å². The van der Waals surface area contributed by atoms with Crippen LogP contribution >= 0.6 is 0 Å². The van der Waals surface area contributed by atoms with Gasteiger partial charge in [-0.1, -0.05) is 49.6 Å². The van der Waals surface area contributed by atoms with Crippen LogP contribution in [-0.4, -0.2) is 11.7 Å². The number of aryl methyl sites for hydroxylation is 1. The standard InChI is InChI=1S/C22H25F3O/c1-15-13-18(16-7-10-19(11-8-16)22(23,24)25)9-12-20(15)21(14-26)17-5-3-2-4-6-17/h7-13,17,21,26H,2-6,14H2,1H3. The van der Waals surface area contributed by atoms with Gasteiger partial charge in [-0.2, -0.15) is 13.2 Å². The summed E-state index contributed by atoms with van der Waals surface area (Å²) in [4.78, 5) is 0. The van der Waals surface area contributed by atoms with Crippen LogP contribution in [0.15, 0.2) is 42.5 Å². The molecular formula is C22H25F3O. The third kappa shape index (κ3) is 4.12. The molecule has 1 aliphatic carbocycles. The predicted molar refractivity (Wildman–Crippen MR) is 98.0 cm³/mol. The Morgan fingerprint density at radius 2 is 1.58 bits per heavy atom. The molecule has 1 atom stereocenters. The fourth-order valence-electron chi connectivity index (χ4n) is 4.16. The molecule has 0 radical (unpaired) electrons. The highest BCUT2D eigenvalue weighted by Gasteiger charge is 2.30. The van der Waals surface area contributed by atoms with Gasteiger partial charge in [-0.25, -0.2) is 0 Å². The topological polar surface area (TPSA) is 20.2 Å². The van der Waals surface area contributed by atoms with Gasteiger partial charge in [0.05, 0.1) is 12.2 Å². The van der Waals surface area contributed by atoms with E-state index in [0.717, 1.165) is 47.2 Å². The molecule has 1 fully saturated rings. The molecule has 0 bridgehead atoms. The van der Waals surface area contributed by atoms with Gasteiger partial charge < -0.3 is 5.11 Å². The molecule has 140 valence electrons. The molecular weight excluding hydrogens is 337 g/mol. The van der Waals surface area contributed by atoms with Crippen LogP contribution in [0.5, 0.6) is 0 Å². The van der Waals surface area contributed by atoms with E-state index < -0.39 is 11.7 Å². The predicted octanol–water partition coefficient (Wildman–Crippen LogP) is 6.34. The average molecular weight is 362 g/mol. The van der Waals surface area contributed by atoms with Gasteiger partial charge in [0.25, 0.3) is 0 Å². The number of halogens is 3. The lowest BCUT2D eigenvalue weighted by Gasteiger charge is -2.30. The normalized spacial score (nSPS) is 17.3. The summed E-state index contributed by atoms with van der Waals surface area (Å²) in [5, 5.41) is 9.94. The first-order valence-corrected chi connectivity index (χ1v) is 9.29. The molecule has 26 heavy (non-hydrogen) atoms. The first kappa shape index (κ1) is 19.0. The van der Waals surface area contributed by atoms with Crippen molar-refractivity contribution < 1.29 is 18.3 Å². The van der Waals surface area contributed by atoms with Crippen molar-refractivity contribution in [1.82, 2.24) is 0 Å². The fraction of sp³-hybridized carbons (Fsp3) is 0.455. The lowest BCUT2D eigenvalue weighted by atomic mass is 9.76. The van der Waals surface area contributed by atoms with Crippen molar-refractivity contribution in [3.8, 4) is 11.1 Å². The molecule has 0 aromatic heterocycles. The molecule has 1 unspecified atom stereocenters. The minimum Gasteiger partial charge on any atom is -0.396 e. The van der Waals surface area contributed by atoms with Crippen LogP contribution in [0, 0.1) is 12.8 Å². The molecule has 1 aliphatic rings. The number of hydrogen-bond acceptors (Lipinski definition) is 1. The Bertz CT molecular complexity index is 728. The molecule has 2 aromatic rings. The minimum absolute atomic E-state index is 0.144. The molecule has 2 aromatic carbocycles. The van der Waals surface area contributed by atoms with Crippen LogP contribution in [0.2, 0.25) is 0 Å². The quantitative estimate of drug-likeness (QED) is 0.673. The molecule has 0 heterocycles. The van der Waals surface area contributed by atoms with E-state index in [0.29, 0.717) is 5.92 Å². The Labute approximate surface area is 152 Å². The number of rotatable bonds is 4. The first-order valence-electron chi connectivity index (χ1n) is 9.29. The molecule has 0 spiro atoms. The molecule has 0 saturated heterocycles. The van der Waals surface area contributed by atoms with E-state index in [1.54, 1.807) is 0 Å². The molecule has 4 heteroatoms. The van der Waals surface area contributed by atoms with Crippen LogP contribution < -0.4 is 0 Å². The third-order valence-electron chi connectivity index (χ3n) is 5.63. The Kier molecular flexibility index (Phi) is 5.71. The second kappa shape index (κ2) is 7.83. The molecule has 3 rings (SSSR count). The van der Waals surface area contributed by atoms with Gasteiger partial charge >= 0.3 is 6.18 Å². The summed E-state index contributed by atoms with van der Waals surface area (Å²) >= 11 is 0. The summed E-state index contributed by atoms with van der Waals surface area (Å²) in [5.74, 6) is 0.668. The summed E-state index contributed by atoms with van der Waals surface area (Å²) in [6.07, 6.45) is 1.73. The highest BCUT2D eigenvalue weighted by Crippen LogP contribution is 2.38. The lowest BCUT2D eigenvalue weighted by molar-refractivity contribution is -0.137. The van der Waals surface area contributed by atoms with E-state index in [1.807, 2.05) is 25.1 Å². The van der Waals surface area contributed by atoms with Crippen molar-refractivity contribution in [2.45, 2.75) is 51.1 Å². The van der Waals surface area contributed by atoms with Crippen LogP contribution in [0.3, 0.4) is 0 Å². The summed E-state index contributed by atoms with van der Waals surface area (Å²) in [7, 11) is 0. The Morgan fingerprint density at radius 1 is 0.962 bits per heavy atom. The number of aliphatic hydroxyl groups is 1. The van der Waals surface area contributed by atoms with Gasteiger partial charge in [0, 0.05) is 5.92 Å². The third-order valence-corrected chi connectivity index (χ3v) is 5.63. The second-order valence-corrected chi connectivity index (χ2v) is 7.33. The average Bonchev–Trinajstić information content (AvgIpc) is 2.64. The number of hydrogen-bond donors (Lipinski definition) is 1. The summed E-state index contributed by atoms with van der Waals surface area (Å²) < 4.78 is 38.2. The Hall–Kier alpha value is -1.81. The molecule has 1 saturated carbocycles. The molecule has 0 aliphatic heterocycles. The van der Waals surface area contributed by atoms with Crippen LogP contribution in [0.1, 0.15) is 54.7 Å². The monoisotopic (exact) mass is 362 g/mol. The van der Waals surface area contributed by atoms with Crippen molar-refractivity contribution in [2.24, 2.45) is 5.92 Å². The van der Waals surface area contributed by atoms with Gasteiger partial charge in [-0.15, -0.1) is 0 Å². The van der Waals surface area contributed by atoms with Gasteiger partial charge in [0.2, 0.25) is 0 Å². The SMILES string of the molecule is Cc1cc(-c2ccc(C(F)(F)F)cc2)ccc1C(CO)C1CCCCC1. The largest absolute Gasteiger partial charge is 0.416 e. The zero-order chi connectivity index (χ0) is 18.7. The maximum absolute atomic E-state index is 12.7. The highest BCUT2D eigenvalue weighted by molar-refractivity contribution is 5.65. The van der Waals surface area contributed by atoms with Crippen molar-refractivity contribution >= 4 is 0 Å². The second-order valence-electron chi connectivity index (χ2n) is 7.33. The van der Waals surface area contributed by atoms with Gasteiger partial charge in [-0.3, -0.25) is 0 Å². The molecule has 1 N–H and O–H groups in total. The smallest absolute Gasteiger partial charge is 0.396 e. The minimum atomic E-state index is -4.31. The van der Waals surface area contributed by atoms with Gasteiger partial charge in [0.15, 0.2) is 0 Å². The van der Waals surface area contributed by atoms with Crippen LogP contribution in [0.4, 0.5) is 13.2 Å². The summed E-state index contributed by atoms with van der Waals surface area (Å²) in [5.41, 5.74) is 3.29. The molecule has 0 amide bonds. The number of aliphatic hydroxyl groups excluding tert-OH is 1. The first-order chi connectivity index (χ1) is 12.4. The maximum atomic E-state index is 12.7. The van der Waals surface area contributed by atoms with Crippen molar-refractivity contribution in [1.29, 1.82) is 0 Å². The lowest BCUT2D eigenvalue weighted by Crippen LogP contribution is -2.20. The van der Waals surface area contributed by atoms with E-state index in [9.17, 15) is 18.3 Å². The van der Waals surface area contributed by atoms with Crippen molar-refractivity contribution in [3.05, 3.63) is 59.2 Å². The van der Waals surface area contributed by atoms with Crippen LogP contribution in [0.25, 0.3) is 11.1 Å². The van der Waals surface area contributed by atoms with E-state index in [4.69, 9.17) is 0 Å². The van der Waals surface area contributed by atoms with Crippen LogP contribution in [-0.2, 0) is 6.18 Å². The summed E-state index contributed by atoms with van der Waals surface area (Å²) in [6, 6.07) is 11.3. The zero-order valence-corrected chi connectivity index (χ0v) is 15.0. The van der Waals surface area contributed by atoms with Gasteiger partial charge in [-0.05, 0) is 60.1 Å². The highest BCUT2D eigenvalue weighted by atomic mass is 19.4. The number of benzene rings is 2. The fourth-order valence-corrected chi connectivity index (χ4v) is 4.16. The number of alkyl halides is 3. The van der Waals surface area contributed by atoms with E-state index in [2.05, 4.69) is 0 Å². The van der Waals surface area contributed by atoms with Crippen molar-refractivity contribution in [3.63, 3.8) is 0 Å². The maximum Gasteiger partial charge on any atom is 0.416 e. The van der Waals surface area contributed by atoms with E-state index in [-0.39, 0.29) is 12.5 Å². The van der Waals surface area contributed by atoms with Gasteiger partial charge in [0.1, 0.15) is 0 Å². The zero-order valence-electron chi connectivity index (χ0n) is 15.0. The Balaban J connectivity index is 1.84. The Morgan fingerprint density at radius 3 is 2.12 bits per heavy atom.